The van der Waals surface area contributed by atoms with Crippen LogP contribution in [0.5, 0.6) is 5.75 Å². The fourth-order valence-corrected chi connectivity index (χ4v) is 4.16. The summed E-state index contributed by atoms with van der Waals surface area (Å²) in [6.45, 7) is 0.555. The van der Waals surface area contributed by atoms with Gasteiger partial charge in [-0.1, -0.05) is 42.5 Å². The summed E-state index contributed by atoms with van der Waals surface area (Å²) < 4.78 is 5.29. The topological polar surface area (TPSA) is 77.2 Å². The molecule has 0 aliphatic heterocycles. The third kappa shape index (κ3) is 4.07. The number of pyridine rings is 1. The summed E-state index contributed by atoms with van der Waals surface area (Å²) in [5.74, 6) is 0.609. The average Bonchev–Trinajstić information content (AvgIpc) is 3.10. The summed E-state index contributed by atoms with van der Waals surface area (Å²) in [5.41, 5.74) is 9.67. The Labute approximate surface area is 173 Å². The van der Waals surface area contributed by atoms with E-state index in [2.05, 4.69) is 5.32 Å². The van der Waals surface area contributed by atoms with Crippen molar-refractivity contribution in [2.45, 2.75) is 6.42 Å². The van der Waals surface area contributed by atoms with Crippen molar-refractivity contribution < 1.29 is 9.53 Å². The molecule has 0 unspecified atom stereocenters. The maximum atomic E-state index is 12.6. The van der Waals surface area contributed by atoms with Crippen LogP contribution >= 0.6 is 11.3 Å². The number of hydrogen-bond donors (Lipinski definition) is 2. The van der Waals surface area contributed by atoms with Crippen LogP contribution in [0.2, 0.25) is 0 Å². The van der Waals surface area contributed by atoms with Crippen molar-refractivity contribution in [1.29, 1.82) is 0 Å². The molecule has 2 aromatic heterocycles. The first kappa shape index (κ1) is 19.0. The molecule has 4 rings (SSSR count). The molecule has 4 aromatic rings. The second kappa shape index (κ2) is 8.32. The van der Waals surface area contributed by atoms with Crippen LogP contribution in [-0.4, -0.2) is 24.5 Å². The number of fused-ring (bicyclic) bond motifs is 1. The van der Waals surface area contributed by atoms with E-state index in [1.165, 1.54) is 16.9 Å². The molecule has 0 aliphatic carbocycles. The Balaban J connectivity index is 1.54. The van der Waals surface area contributed by atoms with Crippen LogP contribution in [0.4, 0.5) is 5.69 Å². The molecule has 0 bridgehead atoms. The van der Waals surface area contributed by atoms with Gasteiger partial charge in [0.2, 0.25) is 0 Å². The number of anilines is 1. The Morgan fingerprint density at radius 1 is 1.10 bits per heavy atom. The predicted octanol–water partition coefficient (Wildman–Crippen LogP) is 4.53. The molecule has 29 heavy (non-hydrogen) atoms. The van der Waals surface area contributed by atoms with E-state index in [-0.39, 0.29) is 5.91 Å². The Morgan fingerprint density at radius 3 is 2.72 bits per heavy atom. The van der Waals surface area contributed by atoms with Crippen LogP contribution in [0.1, 0.15) is 15.2 Å². The maximum absolute atomic E-state index is 12.6. The molecule has 0 radical (unpaired) electrons. The summed E-state index contributed by atoms with van der Waals surface area (Å²) in [6.07, 6.45) is 0.773. The van der Waals surface area contributed by atoms with Crippen LogP contribution in [0.25, 0.3) is 21.5 Å². The number of aromatic nitrogens is 1. The number of nitrogens with one attached hydrogen (secondary N) is 1. The molecule has 6 heteroatoms. The van der Waals surface area contributed by atoms with Crippen LogP contribution in [0.3, 0.4) is 0 Å². The van der Waals surface area contributed by atoms with E-state index in [0.717, 1.165) is 33.6 Å². The molecule has 146 valence electrons. The summed E-state index contributed by atoms with van der Waals surface area (Å²) in [6, 6.07) is 21.6. The lowest BCUT2D eigenvalue weighted by Gasteiger charge is -2.04. The first-order valence-corrected chi connectivity index (χ1v) is 10.1. The van der Waals surface area contributed by atoms with E-state index >= 15 is 0 Å². The summed E-state index contributed by atoms with van der Waals surface area (Å²) in [4.78, 5) is 18.6. The van der Waals surface area contributed by atoms with E-state index < -0.39 is 0 Å². The second-order valence-electron chi connectivity index (χ2n) is 6.62. The molecular weight excluding hydrogens is 382 g/mol. The van der Waals surface area contributed by atoms with Gasteiger partial charge in [0.05, 0.1) is 18.5 Å². The number of carbonyl (C=O) groups is 1. The van der Waals surface area contributed by atoms with Gasteiger partial charge in [-0.3, -0.25) is 4.79 Å². The largest absolute Gasteiger partial charge is 0.497 e. The number of carbonyl (C=O) groups excluding carboxylic acids is 1. The highest BCUT2D eigenvalue weighted by molar-refractivity contribution is 7.21. The molecule has 3 N–H and O–H groups in total. The number of amides is 1. The monoisotopic (exact) mass is 403 g/mol. The smallest absolute Gasteiger partial charge is 0.263 e. The zero-order valence-electron chi connectivity index (χ0n) is 16.0. The molecule has 0 spiro atoms. The van der Waals surface area contributed by atoms with E-state index in [4.69, 9.17) is 15.5 Å². The molecule has 0 saturated carbocycles. The van der Waals surface area contributed by atoms with Gasteiger partial charge in [0, 0.05) is 17.5 Å². The fraction of sp³-hybridized carbons (Fsp3) is 0.130. The third-order valence-electron chi connectivity index (χ3n) is 4.71. The minimum Gasteiger partial charge on any atom is -0.497 e. The zero-order chi connectivity index (χ0) is 20.2. The predicted molar refractivity (Wildman–Crippen MR) is 118 cm³/mol. The highest BCUT2D eigenvalue weighted by atomic mass is 32.1. The minimum absolute atomic E-state index is 0.163. The van der Waals surface area contributed by atoms with Crippen LogP contribution in [-0.2, 0) is 6.42 Å². The lowest BCUT2D eigenvalue weighted by Crippen LogP contribution is -2.25. The number of ether oxygens (including phenoxy) is 1. The normalized spacial score (nSPS) is 10.8. The first-order chi connectivity index (χ1) is 14.2. The van der Waals surface area contributed by atoms with Crippen molar-refractivity contribution >= 4 is 33.1 Å². The SMILES string of the molecule is COc1cccc(-c2ccc3c(N)c(C(=O)NCCc4ccccc4)sc3n2)c1. The standard InChI is InChI=1S/C23H21N3O2S/c1-28-17-9-5-8-16(14-17)19-11-10-18-20(24)21(29-23(18)26-19)22(27)25-13-12-15-6-3-2-4-7-15/h2-11,14H,12-13,24H2,1H3,(H,25,27). The molecule has 0 atom stereocenters. The van der Waals surface area contributed by atoms with Crippen molar-refractivity contribution in [1.82, 2.24) is 10.3 Å². The molecule has 0 fully saturated rings. The van der Waals surface area contributed by atoms with Gasteiger partial charge < -0.3 is 15.8 Å². The van der Waals surface area contributed by atoms with Crippen molar-refractivity contribution in [2.75, 3.05) is 19.4 Å². The lowest BCUT2D eigenvalue weighted by molar-refractivity contribution is 0.0959. The number of hydrogen-bond acceptors (Lipinski definition) is 5. The zero-order valence-corrected chi connectivity index (χ0v) is 16.8. The maximum Gasteiger partial charge on any atom is 0.263 e. The summed E-state index contributed by atoms with van der Waals surface area (Å²) >= 11 is 1.32. The van der Waals surface area contributed by atoms with E-state index in [1.54, 1.807) is 7.11 Å². The molecule has 0 saturated heterocycles. The van der Waals surface area contributed by atoms with Crippen LogP contribution in [0, 0.1) is 0 Å². The highest BCUT2D eigenvalue weighted by Gasteiger charge is 2.17. The number of nitrogens with zero attached hydrogens (tertiary/aromatic N) is 1. The van der Waals surface area contributed by atoms with Crippen molar-refractivity contribution in [3.05, 3.63) is 77.2 Å². The number of nitrogens with two attached hydrogens (primary N) is 1. The van der Waals surface area contributed by atoms with E-state index in [9.17, 15) is 4.79 Å². The van der Waals surface area contributed by atoms with Gasteiger partial charge in [-0.05, 0) is 36.2 Å². The third-order valence-corrected chi connectivity index (χ3v) is 5.82. The summed E-state index contributed by atoms with van der Waals surface area (Å²) in [7, 11) is 1.64. The number of benzene rings is 2. The van der Waals surface area contributed by atoms with Gasteiger partial charge in [0.25, 0.3) is 5.91 Å². The number of rotatable bonds is 6. The Hall–Kier alpha value is -3.38. The van der Waals surface area contributed by atoms with Gasteiger partial charge >= 0.3 is 0 Å². The van der Waals surface area contributed by atoms with Crippen molar-refractivity contribution in [3.63, 3.8) is 0 Å². The second-order valence-corrected chi connectivity index (χ2v) is 7.62. The Kier molecular flexibility index (Phi) is 5.44. The molecule has 2 aromatic carbocycles. The minimum atomic E-state index is -0.163. The number of nitrogen functional groups attached to an aromatic ring is 1. The molecule has 0 aliphatic rings. The lowest BCUT2D eigenvalue weighted by atomic mass is 10.1. The van der Waals surface area contributed by atoms with Gasteiger partial charge in [-0.25, -0.2) is 4.98 Å². The van der Waals surface area contributed by atoms with E-state index in [1.807, 2.05) is 66.7 Å². The summed E-state index contributed by atoms with van der Waals surface area (Å²) in [5, 5.41) is 3.76. The molecule has 5 nitrogen and oxygen atoms in total. The Morgan fingerprint density at radius 2 is 1.93 bits per heavy atom. The van der Waals surface area contributed by atoms with E-state index in [0.29, 0.717) is 17.1 Å². The quantitative estimate of drug-likeness (QED) is 0.496. The molecule has 2 heterocycles. The fourth-order valence-electron chi connectivity index (χ4n) is 3.15. The molecule has 1 amide bonds. The number of thiophene rings is 1. The van der Waals surface area contributed by atoms with Crippen LogP contribution < -0.4 is 15.8 Å². The van der Waals surface area contributed by atoms with Gasteiger partial charge in [-0.2, -0.15) is 0 Å². The highest BCUT2D eigenvalue weighted by Crippen LogP contribution is 2.34. The number of methoxy groups -OCH3 is 1. The Bertz CT molecular complexity index is 1160. The average molecular weight is 404 g/mol. The van der Waals surface area contributed by atoms with Crippen LogP contribution in [0.15, 0.2) is 66.7 Å². The van der Waals surface area contributed by atoms with Gasteiger partial charge in [0.15, 0.2) is 0 Å². The van der Waals surface area contributed by atoms with Gasteiger partial charge in [0.1, 0.15) is 15.5 Å². The van der Waals surface area contributed by atoms with Gasteiger partial charge in [-0.15, -0.1) is 11.3 Å². The first-order valence-electron chi connectivity index (χ1n) is 9.31. The van der Waals surface area contributed by atoms with Crippen molar-refractivity contribution in [3.8, 4) is 17.0 Å². The van der Waals surface area contributed by atoms with Crippen molar-refractivity contribution in [2.24, 2.45) is 0 Å². The molecular formula is C23H21N3O2S.